The van der Waals surface area contributed by atoms with E-state index in [2.05, 4.69) is 30.7 Å². The molecule has 0 unspecified atom stereocenters. The van der Waals surface area contributed by atoms with E-state index in [1.54, 1.807) is 38.1 Å². The molecule has 0 N–H and O–H groups in total. The number of azo groups is 2. The molecule has 4 aromatic carbocycles. The largest absolute Gasteiger partial charge is 3.00 e. The molecule has 0 fully saturated rings. The molecule has 1 radical (unpaired) electrons. The molecule has 0 bridgehead atoms. The van der Waals surface area contributed by atoms with Crippen LogP contribution in [0.1, 0.15) is 19.8 Å². The van der Waals surface area contributed by atoms with Crippen LogP contribution in [-0.4, -0.2) is 42.4 Å². The van der Waals surface area contributed by atoms with Gasteiger partial charge in [0.2, 0.25) is 0 Å². The van der Waals surface area contributed by atoms with Crippen LogP contribution >= 0.6 is 0 Å². The Bertz CT molecular complexity index is 2630. The van der Waals surface area contributed by atoms with Crippen molar-refractivity contribution in [3.63, 3.8) is 0 Å². The molecule has 0 aliphatic carbocycles. The summed E-state index contributed by atoms with van der Waals surface area (Å²) in [6.45, 7) is 4.60. The molecule has 6 aromatic rings. The van der Waals surface area contributed by atoms with E-state index in [1.807, 2.05) is 6.07 Å². The Morgan fingerprint density at radius 2 is 1.18 bits per heavy atom. The van der Waals surface area contributed by atoms with Crippen molar-refractivity contribution < 1.29 is 63.5 Å². The van der Waals surface area contributed by atoms with E-state index in [0.717, 1.165) is 35.0 Å². The molecule has 23 heteroatoms. The maximum Gasteiger partial charge on any atom is 3.00 e. The number of para-hydroxylation sites is 1. The monoisotopic (exact) mass is 821 g/mol. The first-order valence-electron chi connectivity index (χ1n) is 15.4. The molecule has 0 saturated carbocycles. The number of nitrogens with zero attached hydrogens (tertiary/aromatic N) is 10. The van der Waals surface area contributed by atoms with E-state index < -0.39 is 53.8 Å². The number of aromatic nitrogens is 4. The number of benzene rings is 4. The van der Waals surface area contributed by atoms with Crippen molar-refractivity contribution in [3.8, 4) is 34.6 Å². The van der Waals surface area contributed by atoms with E-state index in [9.17, 15) is 53.6 Å². The second kappa shape index (κ2) is 17.0. The van der Waals surface area contributed by atoms with Crippen molar-refractivity contribution >= 4 is 44.2 Å². The van der Waals surface area contributed by atoms with Crippen molar-refractivity contribution in [3.05, 3.63) is 122 Å². The van der Waals surface area contributed by atoms with Crippen molar-refractivity contribution in [2.45, 2.75) is 25.7 Å². The van der Waals surface area contributed by atoms with Crippen LogP contribution in [0.2, 0.25) is 0 Å². The van der Waals surface area contributed by atoms with Gasteiger partial charge in [-0.05, 0) is 74.9 Å². The average Bonchev–Trinajstić information content (AvgIpc) is 3.59. The van der Waals surface area contributed by atoms with Crippen LogP contribution < -0.4 is 20.4 Å². The van der Waals surface area contributed by atoms with E-state index in [-0.39, 0.29) is 60.0 Å². The van der Waals surface area contributed by atoms with Gasteiger partial charge >= 0.3 is 20.2 Å². The summed E-state index contributed by atoms with van der Waals surface area (Å²) in [5, 5.41) is 93.7. The van der Waals surface area contributed by atoms with Gasteiger partial charge in [0.1, 0.15) is 21.5 Å². The molecule has 0 saturated heterocycles. The van der Waals surface area contributed by atoms with Gasteiger partial charge in [0.15, 0.2) is 0 Å². The normalized spacial score (nSPS) is 11.3. The van der Waals surface area contributed by atoms with Crippen molar-refractivity contribution in [2.75, 3.05) is 0 Å². The van der Waals surface area contributed by atoms with Crippen molar-refractivity contribution in [2.24, 2.45) is 20.5 Å². The molecule has 2 aromatic heterocycles. The number of nitro groups is 2. The predicted molar refractivity (Wildman–Crippen MR) is 184 cm³/mol. The summed E-state index contributed by atoms with van der Waals surface area (Å²) in [5.74, 6) is -2.79. The number of rotatable bonds is 9. The van der Waals surface area contributed by atoms with E-state index in [1.165, 1.54) is 35.9 Å². The fourth-order valence-corrected chi connectivity index (χ4v) is 5.22. The standard InChI is InChI=1S/C17H15N5O7S.C16H13N5O4.Cr/c1-9-7-13(16(23)14(8-9)22(25)26)18-19-15-10(2)20-21(17(15)24)11-3-5-12(6-4-11)30(27,28)29;1-10-15(16(23)20(19-10)11-5-3-2-4-6-11)18-17-13-8-7-12(21(24)25)9-14(13)22;/h3-8,23-24H,1-2H3,(H,27,28,29);2-9,22-23H,1H3;/q;;+3/p-3. The second-order valence-corrected chi connectivity index (χ2v) is 12.7. The molecule has 6 rings (SSSR count). The van der Waals surface area contributed by atoms with Crippen LogP contribution in [0.4, 0.5) is 34.1 Å². The summed E-state index contributed by atoms with van der Waals surface area (Å²) in [4.78, 5) is 19.6. The van der Waals surface area contributed by atoms with Crippen LogP contribution in [0.3, 0.4) is 0 Å². The van der Waals surface area contributed by atoms with Gasteiger partial charge < -0.3 is 25.0 Å². The first kappa shape index (κ1) is 41.7. The van der Waals surface area contributed by atoms with Gasteiger partial charge in [-0.2, -0.15) is 20.4 Å². The first-order chi connectivity index (χ1) is 26.0. The summed E-state index contributed by atoms with van der Waals surface area (Å²) in [7, 11) is -4.64. The molecule has 0 aliphatic rings. The Labute approximate surface area is 329 Å². The minimum absolute atomic E-state index is 0. The molecule has 2 heterocycles. The summed E-state index contributed by atoms with van der Waals surface area (Å²) >= 11 is 0. The topological polar surface area (TPSA) is 321 Å². The first-order valence-corrected chi connectivity index (χ1v) is 16.8. The van der Waals surface area contributed by atoms with Crippen LogP contribution in [0.25, 0.3) is 11.4 Å². The zero-order valence-electron chi connectivity index (χ0n) is 30.9. The summed E-state index contributed by atoms with van der Waals surface area (Å²) < 4.78 is 35.1. The Morgan fingerprint density at radius 1 is 0.661 bits per heavy atom. The van der Waals surface area contributed by atoms with Gasteiger partial charge in [0, 0.05) is 35.7 Å². The van der Waals surface area contributed by atoms with Gasteiger partial charge in [0.25, 0.3) is 11.4 Å². The molecule has 285 valence electrons. The van der Waals surface area contributed by atoms with E-state index in [4.69, 9.17) is 0 Å². The molecule has 0 spiro atoms. The molecule has 0 atom stereocenters. The SMILES string of the molecule is Cc1cc(N=Nc2c(C)nn(-c3ccc(S(=O)(=O)[O-])cc3)c2[O-])c([O-])c([N+](=O)[O-])c1.Cc1nn(-c2ccccc2)c([O-])c1N=Nc1ccc([N+](=O)[O-])cc1[O-].[Cr+3].[H+].[H+]. The fourth-order valence-electron chi connectivity index (χ4n) is 4.75. The minimum Gasteiger partial charge on any atom is -0.871 e. The Hall–Kier alpha value is -7.06. The maximum atomic E-state index is 12.6. The number of non-ortho nitro benzene ring substituents is 1. The fraction of sp³-hybridized carbons (Fsp3) is 0.0909. The molecule has 0 amide bonds. The zero-order valence-corrected chi connectivity index (χ0v) is 31.0. The van der Waals surface area contributed by atoms with E-state index >= 15 is 0 Å². The predicted octanol–water partition coefficient (Wildman–Crippen LogP) is 4.74. The van der Waals surface area contributed by atoms with Crippen LogP contribution in [-0.2, 0) is 27.5 Å². The minimum atomic E-state index is -4.64. The Balaban J connectivity index is 0.000000386. The third kappa shape index (κ3) is 9.17. The number of hydrogen-bond donors (Lipinski definition) is 0. The zero-order chi connectivity index (χ0) is 40.2. The van der Waals surface area contributed by atoms with Crippen LogP contribution in [0, 0.1) is 41.0 Å². The second-order valence-electron chi connectivity index (χ2n) is 11.3. The molecular weight excluding hydrogens is 796 g/mol. The smallest absolute Gasteiger partial charge is 0.871 e. The summed E-state index contributed by atoms with van der Waals surface area (Å²) in [6.07, 6.45) is 0. The van der Waals surface area contributed by atoms with Crippen molar-refractivity contribution in [1.29, 1.82) is 0 Å². The van der Waals surface area contributed by atoms with Crippen LogP contribution in [0.15, 0.2) is 110 Å². The number of hydrogen-bond acceptors (Lipinski definition) is 17. The third-order valence-electron chi connectivity index (χ3n) is 7.41. The summed E-state index contributed by atoms with van der Waals surface area (Å²) in [5.41, 5.74) is 0.0679. The van der Waals surface area contributed by atoms with E-state index in [0.29, 0.717) is 16.9 Å². The quantitative estimate of drug-likeness (QED) is 0.0824. The van der Waals surface area contributed by atoms with Gasteiger partial charge in [-0.3, -0.25) is 20.2 Å². The van der Waals surface area contributed by atoms with Crippen molar-refractivity contribution in [1.82, 2.24) is 19.6 Å². The van der Waals surface area contributed by atoms with Crippen LogP contribution in [0.5, 0.6) is 23.3 Å². The number of aryl methyl sites for hydroxylation is 3. The summed E-state index contributed by atoms with van der Waals surface area (Å²) in [6, 6.07) is 18.9. The number of nitro benzene ring substituents is 2. The third-order valence-corrected chi connectivity index (χ3v) is 8.26. The van der Waals surface area contributed by atoms with Gasteiger partial charge in [-0.1, -0.05) is 23.9 Å². The average molecular weight is 822 g/mol. The Kier molecular flexibility index (Phi) is 12.6. The van der Waals surface area contributed by atoms with Gasteiger partial charge in [0.05, 0.1) is 48.9 Å². The molecular formula is C33H25CrN10O11S. The Morgan fingerprint density at radius 3 is 1.66 bits per heavy atom. The molecule has 56 heavy (non-hydrogen) atoms. The molecule has 21 nitrogen and oxygen atoms in total. The van der Waals surface area contributed by atoms with Gasteiger partial charge in [-0.25, -0.2) is 17.8 Å². The maximum absolute atomic E-state index is 12.6. The molecule has 0 aliphatic heterocycles. The van der Waals surface area contributed by atoms with Gasteiger partial charge in [-0.15, -0.1) is 10.2 Å².